The highest BCUT2D eigenvalue weighted by Crippen LogP contribution is 2.50. The standard InChI is InChI=1S/C9H8F6N2O/c10-8(11,12)7(18,9(13,14)15)4-1-2-5(16)6(17)3-4/h1-3,18H,16-17H2. The van der Waals surface area contributed by atoms with Crippen LogP contribution < -0.4 is 11.5 Å². The molecule has 0 aromatic heterocycles. The first kappa shape index (κ1) is 14.4. The van der Waals surface area contributed by atoms with E-state index in [-0.39, 0.29) is 5.69 Å². The van der Waals surface area contributed by atoms with E-state index in [1.165, 1.54) is 0 Å². The van der Waals surface area contributed by atoms with Gasteiger partial charge in [0.15, 0.2) is 0 Å². The second kappa shape index (κ2) is 3.94. The third-order valence-corrected chi connectivity index (χ3v) is 2.33. The minimum Gasteiger partial charge on any atom is -0.397 e. The minimum atomic E-state index is -5.94. The molecule has 102 valence electrons. The summed E-state index contributed by atoms with van der Waals surface area (Å²) in [4.78, 5) is 0. The molecule has 3 nitrogen and oxygen atoms in total. The maximum absolute atomic E-state index is 12.5. The Morgan fingerprint density at radius 1 is 0.833 bits per heavy atom. The van der Waals surface area contributed by atoms with Crippen LogP contribution in [0.2, 0.25) is 0 Å². The molecule has 0 atom stereocenters. The first-order valence-electron chi connectivity index (χ1n) is 4.42. The van der Waals surface area contributed by atoms with Crippen LogP contribution in [0, 0.1) is 0 Å². The first-order chi connectivity index (χ1) is 7.91. The summed E-state index contributed by atoms with van der Waals surface area (Å²) < 4.78 is 74.9. The number of benzene rings is 1. The van der Waals surface area contributed by atoms with Gasteiger partial charge < -0.3 is 16.6 Å². The van der Waals surface area contributed by atoms with Gasteiger partial charge in [-0.15, -0.1) is 0 Å². The van der Waals surface area contributed by atoms with Gasteiger partial charge in [-0.05, 0) is 12.1 Å². The number of aliphatic hydroxyl groups is 1. The maximum Gasteiger partial charge on any atom is 0.430 e. The van der Waals surface area contributed by atoms with E-state index in [0.29, 0.717) is 12.1 Å². The molecule has 0 aliphatic rings. The van der Waals surface area contributed by atoms with Crippen LogP contribution in [0.4, 0.5) is 37.7 Å². The summed E-state index contributed by atoms with van der Waals surface area (Å²) in [5.41, 5.74) is 3.22. The second-order valence-corrected chi connectivity index (χ2v) is 3.55. The van der Waals surface area contributed by atoms with Crippen molar-refractivity contribution in [2.45, 2.75) is 18.0 Å². The molecule has 18 heavy (non-hydrogen) atoms. The van der Waals surface area contributed by atoms with E-state index in [2.05, 4.69) is 0 Å². The van der Waals surface area contributed by atoms with Gasteiger partial charge in [0.1, 0.15) is 0 Å². The Bertz CT molecular complexity index is 439. The summed E-state index contributed by atoms with van der Waals surface area (Å²) in [6.45, 7) is 0. The van der Waals surface area contributed by atoms with Crippen molar-refractivity contribution in [2.24, 2.45) is 0 Å². The maximum atomic E-state index is 12.5. The monoisotopic (exact) mass is 274 g/mol. The summed E-state index contributed by atoms with van der Waals surface area (Å²) >= 11 is 0. The largest absolute Gasteiger partial charge is 0.430 e. The highest BCUT2D eigenvalue weighted by Gasteiger charge is 2.71. The van der Waals surface area contributed by atoms with Crippen molar-refractivity contribution in [1.29, 1.82) is 0 Å². The van der Waals surface area contributed by atoms with Crippen LogP contribution in [0.15, 0.2) is 18.2 Å². The average molecular weight is 274 g/mol. The van der Waals surface area contributed by atoms with Crippen LogP contribution in [0.5, 0.6) is 0 Å². The van der Waals surface area contributed by atoms with Crippen LogP contribution in [0.25, 0.3) is 0 Å². The fourth-order valence-electron chi connectivity index (χ4n) is 1.29. The molecule has 0 fully saturated rings. The number of anilines is 2. The quantitative estimate of drug-likeness (QED) is 0.543. The van der Waals surface area contributed by atoms with E-state index in [1.807, 2.05) is 0 Å². The molecule has 0 radical (unpaired) electrons. The van der Waals surface area contributed by atoms with Crippen LogP contribution in [-0.4, -0.2) is 17.5 Å². The molecule has 0 saturated carbocycles. The zero-order valence-corrected chi connectivity index (χ0v) is 8.60. The van der Waals surface area contributed by atoms with E-state index in [0.717, 1.165) is 6.07 Å². The summed E-state index contributed by atoms with van der Waals surface area (Å²) in [7, 11) is 0. The Hall–Kier alpha value is -1.64. The van der Waals surface area contributed by atoms with Gasteiger partial charge >= 0.3 is 12.4 Å². The van der Waals surface area contributed by atoms with Crippen molar-refractivity contribution in [3.05, 3.63) is 23.8 Å². The Labute approximate surface area is 97.0 Å². The third kappa shape index (κ3) is 2.05. The smallest absolute Gasteiger partial charge is 0.397 e. The normalized spacial score (nSPS) is 13.7. The van der Waals surface area contributed by atoms with Crippen LogP contribution >= 0.6 is 0 Å². The predicted molar refractivity (Wildman–Crippen MR) is 51.3 cm³/mol. The van der Waals surface area contributed by atoms with E-state index in [1.54, 1.807) is 0 Å². The Morgan fingerprint density at radius 3 is 1.61 bits per heavy atom. The highest BCUT2D eigenvalue weighted by molar-refractivity contribution is 5.64. The van der Waals surface area contributed by atoms with Crippen LogP contribution in [0.3, 0.4) is 0 Å². The minimum absolute atomic E-state index is 0.189. The highest BCUT2D eigenvalue weighted by atomic mass is 19.4. The molecule has 0 heterocycles. The molecule has 0 saturated heterocycles. The number of nitrogens with two attached hydrogens (primary N) is 2. The molecule has 1 rings (SSSR count). The lowest BCUT2D eigenvalue weighted by molar-refractivity contribution is -0.376. The SMILES string of the molecule is Nc1ccc(C(O)(C(F)(F)F)C(F)(F)F)cc1N. The van der Waals surface area contributed by atoms with Gasteiger partial charge in [0, 0.05) is 5.56 Å². The number of alkyl halides is 6. The van der Waals surface area contributed by atoms with Gasteiger partial charge in [-0.3, -0.25) is 0 Å². The van der Waals surface area contributed by atoms with Crippen LogP contribution in [-0.2, 0) is 5.60 Å². The summed E-state index contributed by atoms with van der Waals surface area (Å²) in [6, 6.07) is 1.52. The van der Waals surface area contributed by atoms with Gasteiger partial charge in [0.05, 0.1) is 11.4 Å². The van der Waals surface area contributed by atoms with Gasteiger partial charge in [0.25, 0.3) is 5.60 Å². The Kier molecular flexibility index (Phi) is 3.16. The fourth-order valence-corrected chi connectivity index (χ4v) is 1.29. The van der Waals surface area contributed by atoms with Gasteiger partial charge in [-0.25, -0.2) is 0 Å². The molecule has 0 spiro atoms. The van der Waals surface area contributed by atoms with Crippen molar-refractivity contribution in [3.8, 4) is 0 Å². The molecular weight excluding hydrogens is 266 g/mol. The molecule has 1 aromatic carbocycles. The fraction of sp³-hybridized carbons (Fsp3) is 0.333. The molecular formula is C9H8F6N2O. The predicted octanol–water partition coefficient (Wildman–Crippen LogP) is 2.16. The molecule has 0 bridgehead atoms. The zero-order valence-electron chi connectivity index (χ0n) is 8.60. The summed E-state index contributed by atoms with van der Waals surface area (Å²) in [5.74, 6) is 0. The lowest BCUT2D eigenvalue weighted by Crippen LogP contribution is -2.53. The molecule has 9 heteroatoms. The second-order valence-electron chi connectivity index (χ2n) is 3.55. The van der Waals surface area contributed by atoms with Gasteiger partial charge in [-0.2, -0.15) is 26.3 Å². The van der Waals surface area contributed by atoms with Crippen molar-refractivity contribution in [1.82, 2.24) is 0 Å². The number of rotatable bonds is 1. The molecule has 5 N–H and O–H groups in total. The number of hydrogen-bond acceptors (Lipinski definition) is 3. The average Bonchev–Trinajstić information content (AvgIpc) is 2.17. The molecule has 0 amide bonds. The molecule has 0 unspecified atom stereocenters. The number of hydrogen-bond donors (Lipinski definition) is 3. The lowest BCUT2D eigenvalue weighted by Gasteiger charge is -2.32. The third-order valence-electron chi connectivity index (χ3n) is 2.33. The van der Waals surface area contributed by atoms with E-state index >= 15 is 0 Å². The molecule has 0 aliphatic heterocycles. The van der Waals surface area contributed by atoms with E-state index < -0.39 is 29.2 Å². The zero-order chi connectivity index (χ0) is 14.4. The number of nitrogen functional groups attached to an aromatic ring is 2. The Balaban J connectivity index is 3.51. The van der Waals surface area contributed by atoms with E-state index in [9.17, 15) is 26.3 Å². The van der Waals surface area contributed by atoms with Gasteiger partial charge in [-0.1, -0.05) is 6.07 Å². The summed E-state index contributed by atoms with van der Waals surface area (Å²) in [6.07, 6.45) is -11.9. The molecule has 1 aromatic rings. The Morgan fingerprint density at radius 2 is 1.28 bits per heavy atom. The van der Waals surface area contributed by atoms with Crippen molar-refractivity contribution < 1.29 is 31.4 Å². The topological polar surface area (TPSA) is 72.3 Å². The van der Waals surface area contributed by atoms with Crippen molar-refractivity contribution in [3.63, 3.8) is 0 Å². The van der Waals surface area contributed by atoms with Crippen LogP contribution in [0.1, 0.15) is 5.56 Å². The van der Waals surface area contributed by atoms with Gasteiger partial charge in [0.2, 0.25) is 0 Å². The van der Waals surface area contributed by atoms with Crippen molar-refractivity contribution in [2.75, 3.05) is 11.5 Å². The first-order valence-corrected chi connectivity index (χ1v) is 4.42. The van der Waals surface area contributed by atoms with Crippen molar-refractivity contribution >= 4 is 11.4 Å². The summed E-state index contributed by atoms with van der Waals surface area (Å²) in [5, 5.41) is 9.02. The van der Waals surface area contributed by atoms with E-state index in [4.69, 9.17) is 16.6 Å². The lowest BCUT2D eigenvalue weighted by atomic mass is 9.91. The molecule has 0 aliphatic carbocycles. The number of halogens is 6.